The quantitative estimate of drug-likeness (QED) is 0.695. The first kappa shape index (κ1) is 21.7. The summed E-state index contributed by atoms with van der Waals surface area (Å²) >= 11 is 3.52. The molecule has 138 valence electrons. The molecule has 0 amide bonds. The lowest BCUT2D eigenvalue weighted by Gasteiger charge is -2.35. The molecule has 0 spiro atoms. The van der Waals surface area contributed by atoms with Crippen molar-refractivity contribution < 1.29 is 21.6 Å². The van der Waals surface area contributed by atoms with Gasteiger partial charge in [-0.3, -0.25) is 0 Å². The Kier molecular flexibility index (Phi) is 7.55. The SMILES string of the molecule is CS(=O)(=O)Cl.Cc1cc(O[C@H]2C[C@@H](NS(C)(=O)=O)C2)cc(C)c1Br. The second kappa shape index (κ2) is 8.35. The maximum atomic E-state index is 11.1. The Balaban J connectivity index is 0.000000505. The molecule has 1 N–H and O–H groups in total. The van der Waals surface area contributed by atoms with Crippen LogP contribution in [0.15, 0.2) is 16.6 Å². The minimum atomic E-state index is -3.19. The molecule has 0 aliphatic heterocycles. The second-order valence-electron chi connectivity index (χ2n) is 5.85. The van der Waals surface area contributed by atoms with Gasteiger partial charge in [0.1, 0.15) is 11.9 Å². The van der Waals surface area contributed by atoms with Gasteiger partial charge in [0.2, 0.25) is 19.1 Å². The van der Waals surface area contributed by atoms with Crippen molar-refractivity contribution in [1.82, 2.24) is 4.72 Å². The molecule has 0 atom stereocenters. The highest BCUT2D eigenvalue weighted by Crippen LogP contribution is 2.30. The van der Waals surface area contributed by atoms with E-state index < -0.39 is 19.1 Å². The van der Waals surface area contributed by atoms with Gasteiger partial charge in [0.05, 0.1) is 12.5 Å². The lowest BCUT2D eigenvalue weighted by molar-refractivity contribution is 0.0944. The Morgan fingerprint density at radius 2 is 1.54 bits per heavy atom. The zero-order chi connectivity index (χ0) is 18.7. The van der Waals surface area contributed by atoms with Crippen molar-refractivity contribution in [2.24, 2.45) is 0 Å². The van der Waals surface area contributed by atoms with Crippen LogP contribution in [0.5, 0.6) is 5.75 Å². The summed E-state index contributed by atoms with van der Waals surface area (Å²) in [5.74, 6) is 0.848. The summed E-state index contributed by atoms with van der Waals surface area (Å²) in [4.78, 5) is 0. The lowest BCUT2D eigenvalue weighted by Crippen LogP contribution is -2.48. The molecular formula is C14H21BrClNO5S2. The average Bonchev–Trinajstić information content (AvgIpc) is 2.29. The Bertz CT molecular complexity index is 758. The molecule has 0 saturated heterocycles. The Hall–Kier alpha value is -0.350. The molecule has 0 heterocycles. The molecule has 1 aromatic carbocycles. The number of ether oxygens (including phenoxy) is 1. The van der Waals surface area contributed by atoms with Crippen LogP contribution < -0.4 is 9.46 Å². The first-order valence-corrected chi connectivity index (χ1v) is 12.4. The Labute approximate surface area is 156 Å². The summed E-state index contributed by atoms with van der Waals surface area (Å²) in [6.07, 6.45) is 3.65. The molecule has 24 heavy (non-hydrogen) atoms. The predicted octanol–water partition coefficient (Wildman–Crippen LogP) is 2.71. The second-order valence-corrected chi connectivity index (χ2v) is 11.5. The van der Waals surface area contributed by atoms with Crippen LogP contribution in [-0.2, 0) is 19.1 Å². The standard InChI is InChI=1S/C13H18BrNO3S.CH3ClO2S/c1-8-4-11(5-9(2)13(8)14)18-12-6-10(7-12)15-19(3,16)17;1-5(2,3)4/h4-5,10,12,15H,6-7H2,1-3H3;1H3/t10-,12+;. The fourth-order valence-electron chi connectivity index (χ4n) is 2.23. The van der Waals surface area contributed by atoms with E-state index in [1.807, 2.05) is 26.0 Å². The fourth-order valence-corrected chi connectivity index (χ4v) is 3.25. The molecule has 1 fully saturated rings. The van der Waals surface area contributed by atoms with Gasteiger partial charge in [0, 0.05) is 34.0 Å². The van der Waals surface area contributed by atoms with Crippen molar-refractivity contribution in [3.63, 3.8) is 0 Å². The third-order valence-electron chi connectivity index (χ3n) is 3.19. The van der Waals surface area contributed by atoms with Crippen LogP contribution in [0.1, 0.15) is 24.0 Å². The molecule has 1 aliphatic carbocycles. The van der Waals surface area contributed by atoms with E-state index in [0.29, 0.717) is 0 Å². The van der Waals surface area contributed by atoms with E-state index in [9.17, 15) is 16.8 Å². The number of nitrogens with one attached hydrogen (secondary N) is 1. The number of hydrogen-bond acceptors (Lipinski definition) is 5. The molecule has 2 rings (SSSR count). The molecular weight excluding hydrogens is 442 g/mol. The van der Waals surface area contributed by atoms with Crippen molar-refractivity contribution >= 4 is 45.7 Å². The summed E-state index contributed by atoms with van der Waals surface area (Å²) in [5, 5.41) is 0. The lowest BCUT2D eigenvalue weighted by atomic mass is 9.90. The zero-order valence-corrected chi connectivity index (χ0v) is 17.8. The maximum Gasteiger partial charge on any atom is 0.229 e. The van der Waals surface area contributed by atoms with Crippen molar-refractivity contribution in [2.75, 3.05) is 12.5 Å². The third kappa shape index (κ3) is 8.66. The van der Waals surface area contributed by atoms with Gasteiger partial charge < -0.3 is 4.74 Å². The van der Waals surface area contributed by atoms with E-state index in [1.165, 1.54) is 6.26 Å². The normalized spacial score (nSPS) is 20.6. The minimum absolute atomic E-state index is 0.0117. The van der Waals surface area contributed by atoms with Crippen LogP contribution in [0.3, 0.4) is 0 Å². The molecule has 0 aromatic heterocycles. The molecule has 0 radical (unpaired) electrons. The highest BCUT2D eigenvalue weighted by Gasteiger charge is 2.32. The fraction of sp³-hybridized carbons (Fsp3) is 0.571. The van der Waals surface area contributed by atoms with Crippen molar-refractivity contribution in [1.29, 1.82) is 0 Å². The highest BCUT2D eigenvalue weighted by molar-refractivity contribution is 9.10. The van der Waals surface area contributed by atoms with Gasteiger partial charge in [-0.2, -0.15) is 0 Å². The average molecular weight is 463 g/mol. The monoisotopic (exact) mass is 461 g/mol. The van der Waals surface area contributed by atoms with Crippen LogP contribution in [0.4, 0.5) is 0 Å². The number of benzene rings is 1. The highest BCUT2D eigenvalue weighted by atomic mass is 79.9. The predicted molar refractivity (Wildman–Crippen MR) is 99.7 cm³/mol. The van der Waals surface area contributed by atoms with Crippen molar-refractivity contribution in [3.8, 4) is 5.75 Å². The van der Waals surface area contributed by atoms with Crippen molar-refractivity contribution in [3.05, 3.63) is 27.7 Å². The third-order valence-corrected chi connectivity index (χ3v) is 5.20. The zero-order valence-electron chi connectivity index (χ0n) is 13.8. The summed E-state index contributed by atoms with van der Waals surface area (Å²) in [6.45, 7) is 4.05. The van der Waals surface area contributed by atoms with Gasteiger partial charge in [-0.15, -0.1) is 0 Å². The summed E-state index contributed by atoms with van der Waals surface area (Å²) in [7, 11) is -1.80. The maximum absolute atomic E-state index is 11.1. The summed E-state index contributed by atoms with van der Waals surface area (Å²) in [5.41, 5.74) is 2.28. The molecule has 10 heteroatoms. The number of sulfonamides is 1. The van der Waals surface area contributed by atoms with Crippen LogP contribution in [0, 0.1) is 13.8 Å². The summed E-state index contributed by atoms with van der Waals surface area (Å²) in [6, 6.07) is 4.00. The van der Waals surface area contributed by atoms with Crippen LogP contribution in [0.2, 0.25) is 0 Å². The number of aryl methyl sites for hydroxylation is 2. The smallest absolute Gasteiger partial charge is 0.229 e. The van der Waals surface area contributed by atoms with Crippen LogP contribution in [-0.4, -0.2) is 41.5 Å². The number of hydrogen-bond donors (Lipinski definition) is 1. The van der Waals surface area contributed by atoms with Gasteiger partial charge in [-0.05, 0) is 37.1 Å². The van der Waals surface area contributed by atoms with Crippen LogP contribution in [0.25, 0.3) is 0 Å². The first-order valence-electron chi connectivity index (χ1n) is 7.05. The molecule has 1 aromatic rings. The number of halogens is 2. The van der Waals surface area contributed by atoms with E-state index in [2.05, 4.69) is 31.3 Å². The first-order chi connectivity index (χ1) is 10.7. The van der Waals surface area contributed by atoms with E-state index in [-0.39, 0.29) is 12.1 Å². The molecule has 0 bridgehead atoms. The van der Waals surface area contributed by atoms with Gasteiger partial charge >= 0.3 is 0 Å². The van der Waals surface area contributed by atoms with E-state index in [4.69, 9.17) is 4.74 Å². The Morgan fingerprint density at radius 1 is 1.12 bits per heavy atom. The number of rotatable bonds is 4. The molecule has 1 aliphatic rings. The van der Waals surface area contributed by atoms with Gasteiger partial charge in [0.15, 0.2) is 0 Å². The van der Waals surface area contributed by atoms with Gasteiger partial charge in [-0.1, -0.05) is 15.9 Å². The van der Waals surface area contributed by atoms with Gasteiger partial charge in [0.25, 0.3) is 0 Å². The van der Waals surface area contributed by atoms with Crippen LogP contribution >= 0.6 is 26.6 Å². The summed E-state index contributed by atoms with van der Waals surface area (Å²) < 4.78 is 50.5. The minimum Gasteiger partial charge on any atom is -0.490 e. The topological polar surface area (TPSA) is 89.5 Å². The van der Waals surface area contributed by atoms with E-state index in [0.717, 1.165) is 40.4 Å². The van der Waals surface area contributed by atoms with E-state index >= 15 is 0 Å². The van der Waals surface area contributed by atoms with E-state index in [1.54, 1.807) is 0 Å². The molecule has 1 saturated carbocycles. The van der Waals surface area contributed by atoms with Gasteiger partial charge in [-0.25, -0.2) is 21.6 Å². The largest absolute Gasteiger partial charge is 0.490 e. The molecule has 0 unspecified atom stereocenters. The van der Waals surface area contributed by atoms with Crippen molar-refractivity contribution in [2.45, 2.75) is 38.8 Å². The Morgan fingerprint density at radius 3 is 1.92 bits per heavy atom. The molecule has 6 nitrogen and oxygen atoms in total.